The predicted molar refractivity (Wildman–Crippen MR) is 269 cm³/mol. The Morgan fingerprint density at radius 1 is 0.973 bits per heavy atom. The number of anilines is 2. The van der Waals surface area contributed by atoms with Crippen LogP contribution in [0.4, 0.5) is 28.9 Å². The Balaban J connectivity index is 0.823. The number of hydrogen-bond acceptors (Lipinski definition) is 12. The molecular weight excluding hydrogens is 989 g/mol. The second-order valence-electron chi connectivity index (χ2n) is 19.0. The largest absolute Gasteiger partial charge is 0.494 e. The second kappa shape index (κ2) is 22.4. The number of nitrogens with one attached hydrogen (secondary N) is 2. The average molecular weight is 1040 g/mol. The van der Waals surface area contributed by atoms with Gasteiger partial charge in [-0.05, 0) is 118 Å². The maximum Gasteiger partial charge on any atom is 0.420 e. The number of likely N-dealkylation sites (tertiary alicyclic amines) is 1. The van der Waals surface area contributed by atoms with Crippen molar-refractivity contribution in [2.24, 2.45) is 5.41 Å². The zero-order chi connectivity index (χ0) is 52.8. The van der Waals surface area contributed by atoms with Gasteiger partial charge in [-0.1, -0.05) is 45.0 Å². The van der Waals surface area contributed by atoms with Crippen molar-refractivity contribution >= 4 is 63.7 Å². The first-order valence-corrected chi connectivity index (χ1v) is 24.7. The molecule has 2 aliphatic heterocycles. The molecule has 5 aromatic rings. The number of amides is 4. The molecule has 21 heteroatoms. The number of alkyl halides is 3. The van der Waals surface area contributed by atoms with Gasteiger partial charge in [0, 0.05) is 25.8 Å². The number of nitriles is 1. The van der Waals surface area contributed by atoms with E-state index in [1.165, 1.54) is 37.1 Å². The van der Waals surface area contributed by atoms with Gasteiger partial charge in [-0.3, -0.25) is 24.1 Å². The fourth-order valence-electron chi connectivity index (χ4n) is 8.48. The van der Waals surface area contributed by atoms with Crippen LogP contribution in [0.15, 0.2) is 84.5 Å². The summed E-state index contributed by atoms with van der Waals surface area (Å²) in [6.45, 7) is 11.6. The number of thiazole rings is 1. The summed E-state index contributed by atoms with van der Waals surface area (Å²) in [7, 11) is 0. The fraction of sp³-hybridized carbons (Fsp3) is 0.385. The van der Waals surface area contributed by atoms with Crippen molar-refractivity contribution in [2.75, 3.05) is 36.2 Å². The predicted octanol–water partition coefficient (Wildman–Crippen LogP) is 9.27. The van der Waals surface area contributed by atoms with Crippen LogP contribution in [0.3, 0.4) is 0 Å². The van der Waals surface area contributed by atoms with E-state index in [2.05, 4.69) is 20.6 Å². The first-order chi connectivity index (χ1) is 34.6. The number of rotatable bonds is 18. The highest BCUT2D eigenvalue weighted by atomic mass is 32.1. The molecule has 2 aromatic heterocycles. The van der Waals surface area contributed by atoms with Crippen molar-refractivity contribution in [1.82, 2.24) is 25.5 Å². The van der Waals surface area contributed by atoms with E-state index < -0.39 is 63.7 Å². The fourth-order valence-corrected chi connectivity index (χ4v) is 9.81. The maximum atomic E-state index is 15.4. The molecule has 0 saturated carbocycles. The minimum Gasteiger partial charge on any atom is -0.494 e. The first-order valence-electron chi connectivity index (χ1n) is 23.4. The molecule has 0 bridgehead atoms. The molecule has 15 nitrogen and oxygen atoms in total. The van der Waals surface area contributed by atoms with E-state index in [4.69, 9.17) is 26.4 Å². The number of carbonyl (C=O) groups excluding carboxylic acids is 4. The van der Waals surface area contributed by atoms with Crippen LogP contribution >= 0.6 is 23.6 Å². The minimum absolute atomic E-state index is 0.169. The SMILES string of the molecule is Cc1ncsc1-c1ccc(CNC(=O)[C@@H]2CCCN2C(=O)C(NC(=O)COCCCCOc2ccc(Oc3ccc(N4C(=S)N(c5ccc(C#N)c(C(F)(F)F)c5F)C(=O)C4(C)C)cn3)cc2)C(C)(C)C)cc1. The van der Waals surface area contributed by atoms with Crippen LogP contribution in [0.5, 0.6) is 17.4 Å². The van der Waals surface area contributed by atoms with Gasteiger partial charge in [0.15, 0.2) is 10.9 Å². The van der Waals surface area contributed by atoms with E-state index in [1.54, 1.807) is 46.6 Å². The molecule has 4 amide bonds. The van der Waals surface area contributed by atoms with Crippen LogP contribution in [-0.2, 0) is 36.6 Å². The summed E-state index contributed by atoms with van der Waals surface area (Å²) < 4.78 is 74.1. The number of thiocarbonyl (C=S) groups is 1. The van der Waals surface area contributed by atoms with E-state index in [1.807, 2.05) is 57.5 Å². The van der Waals surface area contributed by atoms with Crippen LogP contribution in [0.2, 0.25) is 0 Å². The Bertz CT molecular complexity index is 2880. The lowest BCUT2D eigenvalue weighted by Gasteiger charge is -2.35. The van der Waals surface area contributed by atoms with Crippen LogP contribution in [0, 0.1) is 29.5 Å². The number of carbonyl (C=O) groups is 4. The molecule has 4 heterocycles. The molecule has 384 valence electrons. The molecule has 3 aromatic carbocycles. The maximum absolute atomic E-state index is 15.4. The quantitative estimate of drug-likeness (QED) is 0.0484. The van der Waals surface area contributed by atoms with Crippen LogP contribution < -0.4 is 29.9 Å². The van der Waals surface area contributed by atoms with Gasteiger partial charge in [0.2, 0.25) is 23.6 Å². The molecule has 2 fully saturated rings. The molecule has 7 rings (SSSR count). The molecule has 2 N–H and O–H groups in total. The van der Waals surface area contributed by atoms with Gasteiger partial charge in [-0.2, -0.15) is 18.4 Å². The Hall–Kier alpha value is -7.02. The minimum atomic E-state index is -5.20. The number of pyridine rings is 1. The summed E-state index contributed by atoms with van der Waals surface area (Å²) in [5.74, 6) is -2.41. The highest BCUT2D eigenvalue weighted by molar-refractivity contribution is 7.81. The average Bonchev–Trinajstić information content (AvgIpc) is 4.06. The van der Waals surface area contributed by atoms with Gasteiger partial charge in [0.05, 0.1) is 51.9 Å². The standard InChI is InChI=1S/C52H54F4N8O7S2/c1-31-44(73-30-60-31)33-13-11-32(12-14-33)27-59-46(66)39-10-9-23-62(39)47(67)45(50(2,3)4)61-40(65)29-69-24-7-8-25-70-36-17-19-37(20-18-36)71-41-22-16-35(28-58-41)64-49(72)63(48(68)51(64,5)6)38-21-15-34(26-57)42(43(38)53)52(54,55)56/h11-22,28,30,39,45H,7-10,23-25,27,29H2,1-6H3,(H,59,66)(H,61,65)/t39-,45?/m0/s1. The summed E-state index contributed by atoms with van der Waals surface area (Å²) in [6, 6.07) is 19.3. The highest BCUT2D eigenvalue weighted by Crippen LogP contribution is 2.42. The molecule has 2 saturated heterocycles. The summed E-state index contributed by atoms with van der Waals surface area (Å²) in [4.78, 5) is 67.3. The summed E-state index contributed by atoms with van der Waals surface area (Å²) in [5, 5.41) is 14.7. The third kappa shape index (κ3) is 12.3. The Labute approximate surface area is 429 Å². The molecule has 0 spiro atoms. The third-order valence-electron chi connectivity index (χ3n) is 12.3. The number of aromatic nitrogens is 2. The van der Waals surface area contributed by atoms with Crippen molar-refractivity contribution < 1.29 is 51.0 Å². The van der Waals surface area contributed by atoms with Gasteiger partial charge in [0.25, 0.3) is 5.91 Å². The number of unbranched alkanes of at least 4 members (excludes halogenated alkanes) is 1. The Morgan fingerprint density at radius 3 is 2.30 bits per heavy atom. The van der Waals surface area contributed by atoms with Gasteiger partial charge in [-0.25, -0.2) is 14.4 Å². The highest BCUT2D eigenvalue weighted by Gasteiger charge is 2.52. The third-order valence-corrected chi connectivity index (χ3v) is 13.7. The lowest BCUT2D eigenvalue weighted by Crippen LogP contribution is -2.58. The molecule has 1 unspecified atom stereocenters. The number of nitrogens with zero attached hydrogens (tertiary/aromatic N) is 6. The number of hydrogen-bond donors (Lipinski definition) is 2. The van der Waals surface area contributed by atoms with E-state index in [-0.39, 0.29) is 41.7 Å². The Morgan fingerprint density at radius 2 is 1.67 bits per heavy atom. The summed E-state index contributed by atoms with van der Waals surface area (Å²) in [5.41, 5.74) is -0.497. The van der Waals surface area contributed by atoms with E-state index in [0.29, 0.717) is 61.8 Å². The zero-order valence-electron chi connectivity index (χ0n) is 41.0. The van der Waals surface area contributed by atoms with E-state index in [0.717, 1.165) is 33.8 Å². The van der Waals surface area contributed by atoms with E-state index in [9.17, 15) is 37.6 Å². The number of halogens is 4. The first kappa shape index (κ1) is 53.8. The summed E-state index contributed by atoms with van der Waals surface area (Å²) in [6.07, 6.45) is -1.44. The molecule has 73 heavy (non-hydrogen) atoms. The molecular formula is C52H54F4N8O7S2. The van der Waals surface area contributed by atoms with E-state index >= 15 is 4.39 Å². The van der Waals surface area contributed by atoms with Crippen LogP contribution in [-0.4, -0.2) is 87.6 Å². The molecule has 2 aliphatic rings. The van der Waals surface area contributed by atoms with Crippen molar-refractivity contribution in [2.45, 2.75) is 97.6 Å². The van der Waals surface area contributed by atoms with Crippen LogP contribution in [0.25, 0.3) is 10.4 Å². The van der Waals surface area contributed by atoms with Gasteiger partial charge in [0.1, 0.15) is 41.3 Å². The lowest BCUT2D eigenvalue weighted by atomic mass is 9.85. The normalized spacial score (nSPS) is 16.1. The van der Waals surface area contributed by atoms with Crippen molar-refractivity contribution in [3.05, 3.63) is 113 Å². The van der Waals surface area contributed by atoms with Gasteiger partial charge in [-0.15, -0.1) is 11.3 Å². The van der Waals surface area contributed by atoms with Gasteiger partial charge < -0.3 is 34.6 Å². The lowest BCUT2D eigenvalue weighted by molar-refractivity contribution is -0.144. The molecule has 0 aliphatic carbocycles. The smallest absolute Gasteiger partial charge is 0.420 e. The number of ether oxygens (including phenoxy) is 3. The summed E-state index contributed by atoms with van der Waals surface area (Å²) >= 11 is 7.08. The topological polar surface area (TPSA) is 179 Å². The number of aryl methyl sites for hydroxylation is 1. The molecule has 0 radical (unpaired) electrons. The van der Waals surface area contributed by atoms with Crippen LogP contribution in [0.1, 0.15) is 82.7 Å². The van der Waals surface area contributed by atoms with Crippen molar-refractivity contribution in [1.29, 1.82) is 5.26 Å². The van der Waals surface area contributed by atoms with Crippen molar-refractivity contribution in [3.8, 4) is 33.9 Å². The molecule has 2 atom stereocenters. The Kier molecular flexibility index (Phi) is 16.5. The monoisotopic (exact) mass is 1040 g/mol. The van der Waals surface area contributed by atoms with Crippen molar-refractivity contribution in [3.63, 3.8) is 0 Å². The second-order valence-corrected chi connectivity index (χ2v) is 20.2. The zero-order valence-corrected chi connectivity index (χ0v) is 42.6. The number of benzene rings is 3. The van der Waals surface area contributed by atoms with Gasteiger partial charge >= 0.3 is 6.18 Å².